The zero-order chi connectivity index (χ0) is 23.1. The van der Waals surface area contributed by atoms with Crippen molar-refractivity contribution in [1.82, 2.24) is 19.5 Å². The van der Waals surface area contributed by atoms with Crippen molar-refractivity contribution in [2.75, 3.05) is 26.0 Å². The highest BCUT2D eigenvalue weighted by atomic mass is 31.2. The van der Waals surface area contributed by atoms with Crippen LogP contribution >= 0.6 is 7.60 Å². The predicted molar refractivity (Wildman–Crippen MR) is 113 cm³/mol. The Kier molecular flexibility index (Phi) is 6.18. The van der Waals surface area contributed by atoms with Crippen LogP contribution in [0, 0.1) is 10.8 Å². The van der Waals surface area contributed by atoms with E-state index in [9.17, 15) is 9.36 Å². The van der Waals surface area contributed by atoms with Gasteiger partial charge in [-0.3, -0.25) is 13.9 Å². The van der Waals surface area contributed by atoms with Gasteiger partial charge in [0.05, 0.1) is 23.9 Å². The Balaban J connectivity index is 1.67. The highest BCUT2D eigenvalue weighted by Gasteiger charge is 2.63. The van der Waals surface area contributed by atoms with Crippen LogP contribution in [0.25, 0.3) is 11.2 Å². The first-order chi connectivity index (χ1) is 14.3. The van der Waals surface area contributed by atoms with Crippen LogP contribution in [0.4, 0.5) is 5.82 Å². The van der Waals surface area contributed by atoms with Crippen LogP contribution < -0.4 is 5.73 Å². The monoisotopic (exact) mass is 455 g/mol. The first-order valence-electron chi connectivity index (χ1n) is 9.84. The molecule has 0 spiro atoms. The lowest BCUT2D eigenvalue weighted by molar-refractivity contribution is -0.160. The molecule has 11 nitrogen and oxygen atoms in total. The van der Waals surface area contributed by atoms with E-state index in [0.717, 1.165) is 6.42 Å². The SMILES string of the molecule is COP(=O)(COC1(Cn2cnc3c(N)ncnc32)CC1(C)C)OCOC(=O)C(C)(C)C. The summed E-state index contributed by atoms with van der Waals surface area (Å²) in [6.45, 7) is 9.19. The number of nitrogens with two attached hydrogens (primary N) is 1. The highest BCUT2D eigenvalue weighted by molar-refractivity contribution is 7.53. The zero-order valence-electron chi connectivity index (χ0n) is 18.7. The van der Waals surface area contributed by atoms with Gasteiger partial charge < -0.3 is 24.3 Å². The molecule has 0 saturated heterocycles. The van der Waals surface area contributed by atoms with Crippen molar-refractivity contribution in [3.63, 3.8) is 0 Å². The third-order valence-corrected chi connectivity index (χ3v) is 7.02. The summed E-state index contributed by atoms with van der Waals surface area (Å²) >= 11 is 0. The number of fused-ring (bicyclic) bond motifs is 1. The molecule has 2 unspecified atom stereocenters. The maximum absolute atomic E-state index is 12.9. The average Bonchev–Trinajstić information content (AvgIpc) is 3.00. The van der Waals surface area contributed by atoms with E-state index in [1.54, 1.807) is 27.1 Å². The second kappa shape index (κ2) is 8.12. The summed E-state index contributed by atoms with van der Waals surface area (Å²) in [5.74, 6) is -0.167. The van der Waals surface area contributed by atoms with Crippen LogP contribution in [-0.4, -0.2) is 51.3 Å². The average molecular weight is 455 g/mol. The molecule has 3 rings (SSSR count). The topological polar surface area (TPSA) is 141 Å². The van der Waals surface area contributed by atoms with Crippen LogP contribution in [0.2, 0.25) is 0 Å². The summed E-state index contributed by atoms with van der Waals surface area (Å²) < 4.78 is 36.3. The molecule has 172 valence electrons. The maximum Gasteiger partial charge on any atom is 0.358 e. The fourth-order valence-corrected chi connectivity index (χ4v) is 4.15. The first-order valence-corrected chi connectivity index (χ1v) is 11.6. The summed E-state index contributed by atoms with van der Waals surface area (Å²) in [6.07, 6.45) is 3.45. The molecule has 2 heterocycles. The number of aromatic nitrogens is 4. The molecule has 1 fully saturated rings. The molecule has 0 amide bonds. The predicted octanol–water partition coefficient (Wildman–Crippen LogP) is 2.95. The van der Waals surface area contributed by atoms with Gasteiger partial charge in [-0.25, -0.2) is 15.0 Å². The number of nitrogen functional groups attached to an aromatic ring is 1. The summed E-state index contributed by atoms with van der Waals surface area (Å²) in [5.41, 5.74) is 5.48. The lowest BCUT2D eigenvalue weighted by Gasteiger charge is -2.25. The van der Waals surface area contributed by atoms with Crippen molar-refractivity contribution in [2.24, 2.45) is 10.8 Å². The Hall–Kier alpha value is -2.07. The Morgan fingerprint density at radius 1 is 1.29 bits per heavy atom. The molecular weight excluding hydrogens is 425 g/mol. The fraction of sp³-hybridized carbons (Fsp3) is 0.684. The maximum atomic E-state index is 12.9. The summed E-state index contributed by atoms with van der Waals surface area (Å²) in [6, 6.07) is 0. The van der Waals surface area contributed by atoms with Crippen LogP contribution in [-0.2, 0) is 34.4 Å². The Morgan fingerprint density at radius 2 is 1.97 bits per heavy atom. The van der Waals surface area contributed by atoms with E-state index >= 15 is 0 Å². The molecule has 0 radical (unpaired) electrons. The fourth-order valence-electron chi connectivity index (χ4n) is 3.24. The van der Waals surface area contributed by atoms with E-state index in [4.69, 9.17) is 24.3 Å². The van der Waals surface area contributed by atoms with Gasteiger partial charge in [-0.2, -0.15) is 0 Å². The van der Waals surface area contributed by atoms with Gasteiger partial charge >= 0.3 is 13.6 Å². The van der Waals surface area contributed by atoms with E-state index in [1.807, 2.05) is 4.57 Å². The minimum absolute atomic E-state index is 0.181. The Bertz CT molecular complexity index is 1020. The lowest BCUT2D eigenvalue weighted by Crippen LogP contribution is -2.28. The summed E-state index contributed by atoms with van der Waals surface area (Å²) in [7, 11) is -2.37. The van der Waals surface area contributed by atoms with Gasteiger partial charge in [0.2, 0.25) is 6.79 Å². The molecule has 2 aromatic rings. The number of rotatable bonds is 9. The molecule has 0 aliphatic heterocycles. The van der Waals surface area contributed by atoms with Crippen LogP contribution in [0.1, 0.15) is 41.0 Å². The molecule has 12 heteroatoms. The number of esters is 1. The van der Waals surface area contributed by atoms with E-state index < -0.39 is 31.4 Å². The third kappa shape index (κ3) is 4.90. The summed E-state index contributed by atoms with van der Waals surface area (Å²) in [5, 5.41) is 0. The van der Waals surface area contributed by atoms with Crippen molar-refractivity contribution in [3.8, 4) is 0 Å². The van der Waals surface area contributed by atoms with Gasteiger partial charge in [-0.05, 0) is 32.6 Å². The molecule has 2 aromatic heterocycles. The van der Waals surface area contributed by atoms with Crippen LogP contribution in [0.3, 0.4) is 0 Å². The molecule has 31 heavy (non-hydrogen) atoms. The van der Waals surface area contributed by atoms with Crippen LogP contribution in [0.15, 0.2) is 12.7 Å². The quantitative estimate of drug-likeness (QED) is 0.341. The normalized spacial score (nSPS) is 22.3. The molecule has 2 N–H and O–H groups in total. The number of ether oxygens (including phenoxy) is 2. The molecule has 2 atom stereocenters. The van der Waals surface area contributed by atoms with Crippen molar-refractivity contribution in [2.45, 2.75) is 53.2 Å². The van der Waals surface area contributed by atoms with Gasteiger partial charge in [0.1, 0.15) is 18.2 Å². The molecule has 1 aliphatic carbocycles. The van der Waals surface area contributed by atoms with E-state index in [0.29, 0.717) is 23.5 Å². The molecule has 0 bridgehead atoms. The van der Waals surface area contributed by atoms with Crippen LogP contribution in [0.5, 0.6) is 0 Å². The molecular formula is C19H30N5O6P. The minimum atomic E-state index is -3.64. The van der Waals surface area contributed by atoms with Gasteiger partial charge in [-0.15, -0.1) is 0 Å². The summed E-state index contributed by atoms with van der Waals surface area (Å²) in [4.78, 5) is 24.4. The number of hydrogen-bond donors (Lipinski definition) is 1. The Morgan fingerprint density at radius 3 is 2.55 bits per heavy atom. The van der Waals surface area contributed by atoms with Crippen molar-refractivity contribution >= 4 is 30.5 Å². The van der Waals surface area contributed by atoms with Crippen molar-refractivity contribution < 1.29 is 27.9 Å². The number of imidazole rings is 1. The Labute approximate surface area is 181 Å². The highest BCUT2D eigenvalue weighted by Crippen LogP contribution is 2.61. The number of carbonyl (C=O) groups excluding carboxylic acids is 1. The number of nitrogens with zero attached hydrogens (tertiary/aromatic N) is 4. The lowest BCUT2D eigenvalue weighted by atomic mass is 9.98. The number of carbonyl (C=O) groups is 1. The smallest absolute Gasteiger partial charge is 0.358 e. The molecule has 1 saturated carbocycles. The molecule has 1 aliphatic rings. The van der Waals surface area contributed by atoms with E-state index in [1.165, 1.54) is 13.4 Å². The zero-order valence-corrected chi connectivity index (χ0v) is 19.6. The largest absolute Gasteiger partial charge is 0.438 e. The standard InChI is InChI=1S/C19H30N5O6P/c1-17(2,3)16(25)28-11-30-31(26,27-6)12-29-19(7-18(19,4)5)8-24-10-23-13-14(20)21-9-22-15(13)24/h9-10H,7-8,11-12H2,1-6H3,(H2,20,21,22). The van der Waals surface area contributed by atoms with Crippen molar-refractivity contribution in [3.05, 3.63) is 12.7 Å². The van der Waals surface area contributed by atoms with Crippen molar-refractivity contribution in [1.29, 1.82) is 0 Å². The third-order valence-electron chi connectivity index (χ3n) is 5.52. The van der Waals surface area contributed by atoms with Gasteiger partial charge in [0.25, 0.3) is 0 Å². The second-order valence-electron chi connectivity index (χ2n) is 9.35. The second-order valence-corrected chi connectivity index (χ2v) is 11.5. The van der Waals surface area contributed by atoms with Gasteiger partial charge in [0, 0.05) is 7.11 Å². The first kappa shape index (κ1) is 23.6. The minimum Gasteiger partial charge on any atom is -0.438 e. The van der Waals surface area contributed by atoms with Gasteiger partial charge in [0.15, 0.2) is 11.5 Å². The van der Waals surface area contributed by atoms with Gasteiger partial charge in [-0.1, -0.05) is 13.8 Å². The number of anilines is 1. The van der Waals surface area contributed by atoms with E-state index in [-0.39, 0.29) is 11.8 Å². The molecule has 0 aromatic carbocycles. The van der Waals surface area contributed by atoms with E-state index in [2.05, 4.69) is 28.8 Å². The number of hydrogen-bond acceptors (Lipinski definition) is 10.